The lowest BCUT2D eigenvalue weighted by Gasteiger charge is -2.08. The molecule has 3 aromatic carbocycles. The van der Waals surface area contributed by atoms with Crippen LogP contribution in [0.1, 0.15) is 11.1 Å². The number of aryl methyl sites for hydroxylation is 1. The largest absolute Gasteiger partial charge is 0.423 e. The van der Waals surface area contributed by atoms with Gasteiger partial charge < -0.3 is 0 Å². The molecule has 0 unspecified atom stereocenters. The predicted octanol–water partition coefficient (Wildman–Crippen LogP) is 4.14. The summed E-state index contributed by atoms with van der Waals surface area (Å²) in [5, 5.41) is 6.16. The monoisotopic (exact) mass is 401 g/mol. The molecule has 142 valence electrons. The third kappa shape index (κ3) is 3.09. The van der Waals surface area contributed by atoms with Gasteiger partial charge in [0.2, 0.25) is 0 Å². The van der Waals surface area contributed by atoms with Gasteiger partial charge in [-0.2, -0.15) is 0 Å². The lowest BCUT2D eigenvalue weighted by molar-refractivity contribution is -0.331. The average Bonchev–Trinajstić information content (AvgIpc) is 3.18. The van der Waals surface area contributed by atoms with Crippen molar-refractivity contribution in [1.82, 2.24) is 14.2 Å². The molecule has 0 atom stereocenters. The Hall–Kier alpha value is -3.44. The summed E-state index contributed by atoms with van der Waals surface area (Å²) in [6.45, 7) is 2.45. The van der Waals surface area contributed by atoms with Gasteiger partial charge in [-0.15, -0.1) is 0 Å². The molecule has 0 saturated carbocycles. The number of fused-ring (bicyclic) bond motifs is 3. The molecule has 0 bridgehead atoms. The summed E-state index contributed by atoms with van der Waals surface area (Å²) >= 11 is 6.14. The summed E-state index contributed by atoms with van der Waals surface area (Å²) in [5.41, 5.74) is 4.39. The van der Waals surface area contributed by atoms with Gasteiger partial charge in [-0.1, -0.05) is 53.6 Å². The Labute approximate surface area is 171 Å². The van der Waals surface area contributed by atoms with Gasteiger partial charge in [0.1, 0.15) is 0 Å². The van der Waals surface area contributed by atoms with E-state index in [1.165, 1.54) is 10.1 Å². The van der Waals surface area contributed by atoms with Gasteiger partial charge in [-0.25, -0.2) is 9.78 Å². The number of nitrogens with one attached hydrogen (secondary N) is 1. The predicted molar refractivity (Wildman–Crippen MR) is 114 cm³/mol. The van der Waals surface area contributed by atoms with Gasteiger partial charge in [0.05, 0.1) is 28.1 Å². The van der Waals surface area contributed by atoms with Crippen LogP contribution in [0.2, 0.25) is 5.02 Å². The highest BCUT2D eigenvalue weighted by atomic mass is 35.5. The summed E-state index contributed by atoms with van der Waals surface area (Å²) in [4.78, 5) is 16.7. The van der Waals surface area contributed by atoms with Crippen molar-refractivity contribution < 1.29 is 4.98 Å². The second-order valence-electron chi connectivity index (χ2n) is 7.12. The Balaban J connectivity index is 1.76. The molecular formula is C23H18ClN4O+. The van der Waals surface area contributed by atoms with Crippen molar-refractivity contribution in [2.75, 3.05) is 0 Å². The lowest BCUT2D eigenvalue weighted by Crippen LogP contribution is -2.29. The maximum Gasteiger partial charge on any atom is 0.423 e. The van der Waals surface area contributed by atoms with Crippen LogP contribution in [0.5, 0.6) is 0 Å². The minimum atomic E-state index is -0.201. The Bertz CT molecular complexity index is 1420. The zero-order valence-electron chi connectivity index (χ0n) is 15.8. The van der Waals surface area contributed by atoms with E-state index in [2.05, 4.69) is 10.1 Å². The van der Waals surface area contributed by atoms with Gasteiger partial charge in [0.15, 0.2) is 0 Å². The number of halogens is 1. The highest BCUT2D eigenvalue weighted by Gasteiger charge is 2.22. The smallest absolute Gasteiger partial charge is 0.273 e. The van der Waals surface area contributed by atoms with Gasteiger partial charge in [-0.3, -0.25) is 4.57 Å². The minimum absolute atomic E-state index is 0.201. The Morgan fingerprint density at radius 1 is 1.00 bits per heavy atom. The SMILES string of the molecule is Cc1ccc(-c2nn3c(=O)n(Cc4cccc(Cl)c4)c4ccccc4c3[nH+]2)cc1. The van der Waals surface area contributed by atoms with E-state index < -0.39 is 0 Å². The molecule has 0 aliphatic heterocycles. The van der Waals surface area contributed by atoms with Crippen molar-refractivity contribution in [2.24, 2.45) is 0 Å². The number of H-pyrrole nitrogens is 1. The number of hydrogen-bond donors (Lipinski definition) is 0. The van der Waals surface area contributed by atoms with Crippen LogP contribution >= 0.6 is 11.6 Å². The van der Waals surface area contributed by atoms with Crippen LogP contribution in [0.15, 0.2) is 77.6 Å². The summed E-state index contributed by atoms with van der Waals surface area (Å²) in [5.74, 6) is 0.660. The van der Waals surface area contributed by atoms with Crippen molar-refractivity contribution in [1.29, 1.82) is 0 Å². The summed E-state index contributed by atoms with van der Waals surface area (Å²) in [6, 6.07) is 23.5. The number of para-hydroxylation sites is 1. The van der Waals surface area contributed by atoms with Crippen LogP contribution in [-0.4, -0.2) is 14.2 Å². The molecule has 2 heterocycles. The molecule has 5 rings (SSSR count). The Kier molecular flexibility index (Phi) is 4.18. The number of aromatic nitrogens is 4. The molecular weight excluding hydrogens is 384 g/mol. The fourth-order valence-corrected chi connectivity index (χ4v) is 3.81. The van der Waals surface area contributed by atoms with Gasteiger partial charge in [0, 0.05) is 5.02 Å². The molecule has 5 aromatic rings. The van der Waals surface area contributed by atoms with Crippen LogP contribution in [0.4, 0.5) is 0 Å². The molecule has 2 aromatic heterocycles. The number of hydrogen-bond acceptors (Lipinski definition) is 2. The van der Waals surface area contributed by atoms with E-state index in [1.807, 2.05) is 79.7 Å². The fraction of sp³-hybridized carbons (Fsp3) is 0.0870. The van der Waals surface area contributed by atoms with E-state index in [1.54, 1.807) is 4.57 Å². The Morgan fingerprint density at radius 2 is 1.79 bits per heavy atom. The maximum absolute atomic E-state index is 13.3. The van der Waals surface area contributed by atoms with Gasteiger partial charge in [-0.05, 0) is 53.4 Å². The zero-order chi connectivity index (χ0) is 20.0. The van der Waals surface area contributed by atoms with E-state index in [4.69, 9.17) is 11.6 Å². The topological polar surface area (TPSA) is 53.4 Å². The van der Waals surface area contributed by atoms with Crippen LogP contribution < -0.4 is 10.7 Å². The second-order valence-corrected chi connectivity index (χ2v) is 7.55. The van der Waals surface area contributed by atoms with E-state index in [-0.39, 0.29) is 5.69 Å². The average molecular weight is 402 g/mol. The fourth-order valence-electron chi connectivity index (χ4n) is 3.60. The maximum atomic E-state index is 13.3. The van der Waals surface area contributed by atoms with Crippen molar-refractivity contribution in [3.8, 4) is 11.4 Å². The number of rotatable bonds is 3. The molecule has 6 heteroatoms. The molecule has 0 spiro atoms. The normalized spacial score (nSPS) is 11.4. The second kappa shape index (κ2) is 6.87. The molecule has 0 fully saturated rings. The molecule has 5 nitrogen and oxygen atoms in total. The third-order valence-electron chi connectivity index (χ3n) is 5.07. The van der Waals surface area contributed by atoms with Crippen LogP contribution in [0.3, 0.4) is 0 Å². The molecule has 0 amide bonds. The van der Waals surface area contributed by atoms with E-state index >= 15 is 0 Å². The Morgan fingerprint density at radius 3 is 2.59 bits per heavy atom. The number of benzene rings is 3. The lowest BCUT2D eigenvalue weighted by atomic mass is 10.1. The van der Waals surface area contributed by atoms with Crippen LogP contribution in [-0.2, 0) is 6.54 Å². The van der Waals surface area contributed by atoms with Crippen molar-refractivity contribution in [2.45, 2.75) is 13.5 Å². The van der Waals surface area contributed by atoms with E-state index in [0.717, 1.165) is 22.0 Å². The summed E-state index contributed by atoms with van der Waals surface area (Å²) in [6.07, 6.45) is 0. The highest BCUT2D eigenvalue weighted by molar-refractivity contribution is 6.30. The zero-order valence-corrected chi connectivity index (χ0v) is 16.5. The van der Waals surface area contributed by atoms with E-state index in [9.17, 15) is 4.79 Å². The first-order chi connectivity index (χ1) is 14.1. The van der Waals surface area contributed by atoms with Crippen molar-refractivity contribution >= 4 is 28.2 Å². The molecule has 0 radical (unpaired) electrons. The third-order valence-corrected chi connectivity index (χ3v) is 5.30. The standard InChI is InChI=1S/C23H17ClN4O/c1-15-9-11-17(12-10-15)21-25-22-19-7-2-3-8-20(19)27(23(29)28(22)26-21)14-16-5-4-6-18(24)13-16/h2-13H,14H2,1H3/p+1. The molecule has 29 heavy (non-hydrogen) atoms. The van der Waals surface area contributed by atoms with Crippen molar-refractivity contribution in [3.05, 3.63) is 99.4 Å². The van der Waals surface area contributed by atoms with E-state index in [0.29, 0.717) is 23.0 Å². The molecule has 0 saturated heterocycles. The van der Waals surface area contributed by atoms with Crippen molar-refractivity contribution in [3.63, 3.8) is 0 Å². The molecule has 1 N–H and O–H groups in total. The number of nitrogens with zero attached hydrogens (tertiary/aromatic N) is 3. The van der Waals surface area contributed by atoms with Gasteiger partial charge in [0.25, 0.3) is 5.65 Å². The first-order valence-electron chi connectivity index (χ1n) is 9.35. The van der Waals surface area contributed by atoms with Crippen LogP contribution in [0, 0.1) is 6.92 Å². The first-order valence-corrected chi connectivity index (χ1v) is 9.73. The number of aromatic amines is 1. The molecule has 0 aliphatic carbocycles. The van der Waals surface area contributed by atoms with Crippen LogP contribution in [0.25, 0.3) is 27.9 Å². The quantitative estimate of drug-likeness (QED) is 0.456. The van der Waals surface area contributed by atoms with Gasteiger partial charge >= 0.3 is 11.5 Å². The molecule has 0 aliphatic rings. The first kappa shape index (κ1) is 17.6. The summed E-state index contributed by atoms with van der Waals surface area (Å²) in [7, 11) is 0. The summed E-state index contributed by atoms with van der Waals surface area (Å²) < 4.78 is 3.18. The minimum Gasteiger partial charge on any atom is -0.273 e. The highest BCUT2D eigenvalue weighted by Crippen LogP contribution is 2.20.